The molecule has 0 bridgehead atoms. The number of rotatable bonds is 6. The molecule has 57 heavy (non-hydrogen) atoms. The number of fused-ring (bicyclic) bond motifs is 7. The quantitative estimate of drug-likeness (QED) is 0.169. The van der Waals surface area contributed by atoms with Gasteiger partial charge < -0.3 is 9.32 Å². The van der Waals surface area contributed by atoms with Crippen LogP contribution in [0, 0.1) is 0 Å². The van der Waals surface area contributed by atoms with E-state index in [1.165, 1.54) is 55.3 Å². The Morgan fingerprint density at radius 1 is 0.368 bits per heavy atom. The molecule has 9 aromatic carbocycles. The van der Waals surface area contributed by atoms with Gasteiger partial charge in [0.15, 0.2) is 0 Å². The van der Waals surface area contributed by atoms with Crippen molar-refractivity contribution in [2.24, 2.45) is 0 Å². The van der Waals surface area contributed by atoms with Crippen molar-refractivity contribution in [3.63, 3.8) is 0 Å². The van der Waals surface area contributed by atoms with E-state index in [2.05, 4.69) is 207 Å². The molecule has 0 aliphatic heterocycles. The first kappa shape index (κ1) is 33.2. The molecule has 0 amide bonds. The first-order valence-corrected chi connectivity index (χ1v) is 19.7. The number of furan rings is 1. The van der Waals surface area contributed by atoms with Crippen LogP contribution in [0.3, 0.4) is 0 Å². The highest BCUT2D eigenvalue weighted by Gasteiger charge is 2.35. The molecule has 1 aliphatic carbocycles. The lowest BCUT2D eigenvalue weighted by Crippen LogP contribution is -2.14. The Morgan fingerprint density at radius 3 is 1.74 bits per heavy atom. The van der Waals surface area contributed by atoms with Gasteiger partial charge in [0, 0.05) is 38.8 Å². The fourth-order valence-electron chi connectivity index (χ4n) is 9.08. The lowest BCUT2D eigenvalue weighted by molar-refractivity contribution is 0.660. The third-order valence-corrected chi connectivity index (χ3v) is 12.1. The highest BCUT2D eigenvalue weighted by atomic mass is 16.3. The SMILES string of the molecule is CC1(C)c2ccccc2-c2ccc(-c3ccc(N(c4ccc(-c5ccccc5)cc4)c4ccc5cc(-c6cccc7c6oc6ccccc67)ccc5c4)cc3)cc21. The molecule has 0 saturated heterocycles. The summed E-state index contributed by atoms with van der Waals surface area (Å²) in [5, 5.41) is 4.65. The fourth-order valence-corrected chi connectivity index (χ4v) is 9.08. The Labute approximate surface area is 332 Å². The van der Waals surface area contributed by atoms with Crippen LogP contribution in [-0.2, 0) is 5.41 Å². The molecule has 0 N–H and O–H groups in total. The van der Waals surface area contributed by atoms with Crippen LogP contribution in [-0.4, -0.2) is 0 Å². The normalized spacial score (nSPS) is 12.9. The van der Waals surface area contributed by atoms with E-state index in [0.29, 0.717) is 0 Å². The Bertz CT molecular complexity index is 3130. The van der Waals surface area contributed by atoms with E-state index < -0.39 is 0 Å². The molecule has 10 aromatic rings. The van der Waals surface area contributed by atoms with Gasteiger partial charge in [-0.05, 0) is 115 Å². The number of para-hydroxylation sites is 2. The van der Waals surface area contributed by atoms with Gasteiger partial charge in [-0.3, -0.25) is 0 Å². The summed E-state index contributed by atoms with van der Waals surface area (Å²) in [6.07, 6.45) is 0. The van der Waals surface area contributed by atoms with E-state index in [9.17, 15) is 0 Å². The zero-order chi connectivity index (χ0) is 38.1. The second-order valence-electron chi connectivity index (χ2n) is 15.8. The average Bonchev–Trinajstić information content (AvgIpc) is 3.76. The molecule has 1 heterocycles. The van der Waals surface area contributed by atoms with Crippen molar-refractivity contribution in [2.45, 2.75) is 19.3 Å². The van der Waals surface area contributed by atoms with Crippen molar-refractivity contribution in [2.75, 3.05) is 4.90 Å². The molecule has 2 heteroatoms. The molecule has 1 aromatic heterocycles. The minimum Gasteiger partial charge on any atom is -0.455 e. The van der Waals surface area contributed by atoms with E-state index >= 15 is 0 Å². The van der Waals surface area contributed by atoms with E-state index in [4.69, 9.17) is 4.42 Å². The molecule has 0 spiro atoms. The van der Waals surface area contributed by atoms with Gasteiger partial charge in [0.2, 0.25) is 0 Å². The summed E-state index contributed by atoms with van der Waals surface area (Å²) in [4.78, 5) is 2.36. The van der Waals surface area contributed by atoms with Crippen LogP contribution in [0.25, 0.3) is 77.2 Å². The van der Waals surface area contributed by atoms with Crippen LogP contribution in [0.4, 0.5) is 17.1 Å². The van der Waals surface area contributed by atoms with Gasteiger partial charge in [-0.25, -0.2) is 0 Å². The second kappa shape index (κ2) is 13.0. The van der Waals surface area contributed by atoms with Gasteiger partial charge in [0.1, 0.15) is 11.2 Å². The maximum Gasteiger partial charge on any atom is 0.143 e. The summed E-state index contributed by atoms with van der Waals surface area (Å²) in [5.74, 6) is 0. The number of hydrogen-bond acceptors (Lipinski definition) is 2. The van der Waals surface area contributed by atoms with E-state index in [-0.39, 0.29) is 5.41 Å². The highest BCUT2D eigenvalue weighted by molar-refractivity contribution is 6.10. The number of hydrogen-bond donors (Lipinski definition) is 0. The monoisotopic (exact) mass is 729 g/mol. The predicted molar refractivity (Wildman–Crippen MR) is 240 cm³/mol. The molecule has 11 rings (SSSR count). The van der Waals surface area contributed by atoms with Crippen molar-refractivity contribution >= 4 is 49.8 Å². The van der Waals surface area contributed by atoms with Crippen LogP contribution < -0.4 is 4.90 Å². The summed E-state index contributed by atoms with van der Waals surface area (Å²) < 4.78 is 6.41. The van der Waals surface area contributed by atoms with Gasteiger partial charge in [-0.2, -0.15) is 0 Å². The number of benzene rings is 9. The zero-order valence-electron chi connectivity index (χ0n) is 31.9. The first-order chi connectivity index (χ1) is 28.0. The largest absolute Gasteiger partial charge is 0.455 e. The van der Waals surface area contributed by atoms with Gasteiger partial charge in [0.05, 0.1) is 0 Å². The van der Waals surface area contributed by atoms with E-state index in [0.717, 1.165) is 50.1 Å². The lowest BCUT2D eigenvalue weighted by atomic mass is 9.81. The van der Waals surface area contributed by atoms with Crippen LogP contribution in [0.1, 0.15) is 25.0 Å². The molecule has 0 atom stereocenters. The molecular formula is C55H39NO. The minimum absolute atomic E-state index is 0.0395. The van der Waals surface area contributed by atoms with Gasteiger partial charge >= 0.3 is 0 Å². The first-order valence-electron chi connectivity index (χ1n) is 19.7. The second-order valence-corrected chi connectivity index (χ2v) is 15.8. The molecule has 270 valence electrons. The summed E-state index contributed by atoms with van der Waals surface area (Å²) >= 11 is 0. The third kappa shape index (κ3) is 5.48. The van der Waals surface area contributed by atoms with Gasteiger partial charge in [-0.1, -0.05) is 159 Å². The summed E-state index contributed by atoms with van der Waals surface area (Å²) in [7, 11) is 0. The van der Waals surface area contributed by atoms with Crippen LogP contribution in [0.15, 0.2) is 205 Å². The Kier molecular flexibility index (Phi) is 7.55. The van der Waals surface area contributed by atoms with Crippen molar-refractivity contribution < 1.29 is 4.42 Å². The highest BCUT2D eigenvalue weighted by Crippen LogP contribution is 2.50. The average molecular weight is 730 g/mol. The van der Waals surface area contributed by atoms with Crippen molar-refractivity contribution in [3.05, 3.63) is 211 Å². The number of nitrogens with zero attached hydrogens (tertiary/aromatic N) is 1. The van der Waals surface area contributed by atoms with Crippen LogP contribution in [0.2, 0.25) is 0 Å². The maximum atomic E-state index is 6.41. The molecule has 0 fully saturated rings. The molecular weight excluding hydrogens is 691 g/mol. The smallest absolute Gasteiger partial charge is 0.143 e. The van der Waals surface area contributed by atoms with Gasteiger partial charge in [-0.15, -0.1) is 0 Å². The number of anilines is 3. The third-order valence-electron chi connectivity index (χ3n) is 12.1. The van der Waals surface area contributed by atoms with Crippen molar-refractivity contribution in [1.82, 2.24) is 0 Å². The summed E-state index contributed by atoms with van der Waals surface area (Å²) in [5.41, 5.74) is 17.7. The summed E-state index contributed by atoms with van der Waals surface area (Å²) in [6.45, 7) is 4.69. The van der Waals surface area contributed by atoms with E-state index in [1.54, 1.807) is 0 Å². The van der Waals surface area contributed by atoms with Crippen LogP contribution >= 0.6 is 0 Å². The Morgan fingerprint density at radius 2 is 0.930 bits per heavy atom. The van der Waals surface area contributed by atoms with Crippen molar-refractivity contribution in [1.29, 1.82) is 0 Å². The van der Waals surface area contributed by atoms with Gasteiger partial charge in [0.25, 0.3) is 0 Å². The topological polar surface area (TPSA) is 16.4 Å². The van der Waals surface area contributed by atoms with E-state index in [1.807, 2.05) is 12.1 Å². The summed E-state index contributed by atoms with van der Waals surface area (Å²) in [6, 6.07) is 72.6. The minimum atomic E-state index is -0.0395. The zero-order valence-corrected chi connectivity index (χ0v) is 31.9. The standard InChI is InChI=1S/C55H39NO/c1-55(2)51-17-8-6-13-47(51)48-32-26-41(35-52(48)55)38-23-29-44(30-24-38)56(43-27-21-37(22-28-43)36-11-4-3-5-12-36)45-31-25-39-33-42(20-19-40(39)34-45)46-15-10-16-50-49-14-7-9-18-53(49)57-54(46)50/h3-35H,1-2H3. The molecule has 0 radical (unpaired) electrons. The Hall–Kier alpha value is -7.16. The molecule has 0 unspecified atom stereocenters. The molecule has 0 saturated carbocycles. The molecule has 2 nitrogen and oxygen atoms in total. The van der Waals surface area contributed by atoms with Crippen LogP contribution in [0.5, 0.6) is 0 Å². The predicted octanol–water partition coefficient (Wildman–Crippen LogP) is 15.5. The maximum absolute atomic E-state index is 6.41. The lowest BCUT2D eigenvalue weighted by Gasteiger charge is -2.26. The Balaban J connectivity index is 0.976. The fraction of sp³-hybridized carbons (Fsp3) is 0.0545. The van der Waals surface area contributed by atoms with Crippen molar-refractivity contribution in [3.8, 4) is 44.5 Å². The molecule has 1 aliphatic rings.